The van der Waals surface area contributed by atoms with Crippen molar-refractivity contribution in [2.45, 2.75) is 44.1 Å². The molecule has 2 aromatic carbocycles. The molecule has 0 unspecified atom stereocenters. The minimum Gasteiger partial charge on any atom is -0.510 e. The minimum absolute atomic E-state index is 0.00362. The van der Waals surface area contributed by atoms with Gasteiger partial charge >= 0.3 is 0 Å². The third kappa shape index (κ3) is 4.17. The van der Waals surface area contributed by atoms with Crippen LogP contribution in [0.1, 0.15) is 39.0 Å². The van der Waals surface area contributed by atoms with Gasteiger partial charge in [-0.05, 0) is 73.3 Å². The van der Waals surface area contributed by atoms with Crippen LogP contribution in [0, 0.1) is 11.8 Å². The molecule has 0 fully saturated rings. The molecule has 1 heterocycles. The summed E-state index contributed by atoms with van der Waals surface area (Å²) < 4.78 is 5.34. The second-order valence-corrected chi connectivity index (χ2v) is 12.3. The highest BCUT2D eigenvalue weighted by molar-refractivity contribution is 6.33. The molecule has 11 nitrogen and oxygen atoms in total. The number of aromatic hydroxyl groups is 1. The van der Waals surface area contributed by atoms with Gasteiger partial charge in [0.2, 0.25) is 5.78 Å². The zero-order chi connectivity index (χ0) is 31.1. The zero-order valence-corrected chi connectivity index (χ0v) is 24.6. The van der Waals surface area contributed by atoms with Crippen molar-refractivity contribution in [3.05, 3.63) is 79.8 Å². The number of nitrogens with zero attached hydrogens (tertiary/aromatic N) is 2. The monoisotopic (exact) mass is 609 g/mol. The number of hydrogen-bond acceptors (Lipinski definition) is 10. The molecule has 1 aliphatic heterocycles. The van der Waals surface area contributed by atoms with E-state index < -0.39 is 58.0 Å². The minimum atomic E-state index is -2.68. The van der Waals surface area contributed by atoms with Gasteiger partial charge in [-0.25, -0.2) is 0 Å². The van der Waals surface area contributed by atoms with E-state index in [9.17, 15) is 34.8 Å². The van der Waals surface area contributed by atoms with Gasteiger partial charge in [-0.1, -0.05) is 17.7 Å². The fourth-order valence-corrected chi connectivity index (χ4v) is 7.68. The number of phenolic OH excluding ortho intramolecular Hbond substituents is 1. The number of Topliss-reactive ketones (excluding diaryl/α,β-unsaturated/α-hetero) is 2. The molecule has 43 heavy (non-hydrogen) atoms. The number of methoxy groups -OCH3 is 1. The Labute approximate surface area is 252 Å². The quantitative estimate of drug-likeness (QED) is 0.316. The number of aliphatic hydroxyl groups excluding tert-OH is 2. The van der Waals surface area contributed by atoms with Gasteiger partial charge in [-0.2, -0.15) is 0 Å². The van der Waals surface area contributed by atoms with Crippen molar-refractivity contribution in [2.75, 3.05) is 21.2 Å². The molecule has 0 spiro atoms. The Morgan fingerprint density at radius 3 is 2.51 bits per heavy atom. The molecule has 6 N–H and O–H groups in total. The van der Waals surface area contributed by atoms with Crippen LogP contribution in [0.4, 0.5) is 0 Å². The van der Waals surface area contributed by atoms with Gasteiger partial charge in [0.05, 0.1) is 18.7 Å². The van der Waals surface area contributed by atoms with Crippen molar-refractivity contribution < 1.29 is 39.5 Å². The lowest BCUT2D eigenvalue weighted by Gasteiger charge is -2.50. The highest BCUT2D eigenvalue weighted by Gasteiger charge is 2.63. The zero-order valence-electron chi connectivity index (χ0n) is 23.8. The Morgan fingerprint density at radius 2 is 1.86 bits per heavy atom. The highest BCUT2D eigenvalue weighted by atomic mass is 35.5. The first-order valence-corrected chi connectivity index (χ1v) is 14.2. The van der Waals surface area contributed by atoms with Crippen LogP contribution in [-0.4, -0.2) is 80.5 Å². The van der Waals surface area contributed by atoms with Crippen LogP contribution in [0.2, 0.25) is 5.02 Å². The van der Waals surface area contributed by atoms with Crippen molar-refractivity contribution in [1.82, 2.24) is 9.80 Å². The molecule has 6 rings (SSSR count). The predicted octanol–water partition coefficient (Wildman–Crippen LogP) is 2.30. The van der Waals surface area contributed by atoms with E-state index in [4.69, 9.17) is 22.1 Å². The Balaban J connectivity index is 1.39. The van der Waals surface area contributed by atoms with Crippen molar-refractivity contribution in [2.24, 2.45) is 17.6 Å². The van der Waals surface area contributed by atoms with Crippen molar-refractivity contribution in [3.63, 3.8) is 0 Å². The number of carbonyl (C=O) groups excluding carboxylic acids is 3. The maximum atomic E-state index is 13.9. The van der Waals surface area contributed by atoms with Crippen LogP contribution < -0.4 is 10.5 Å². The molecule has 12 heteroatoms. The van der Waals surface area contributed by atoms with Crippen LogP contribution in [0.25, 0.3) is 0 Å². The Bertz CT molecular complexity index is 1680. The number of rotatable bonds is 5. The lowest BCUT2D eigenvalue weighted by Crippen LogP contribution is -2.63. The fourth-order valence-electron chi connectivity index (χ4n) is 7.39. The average Bonchev–Trinajstić information content (AvgIpc) is 3.34. The highest BCUT2D eigenvalue weighted by Crippen LogP contribution is 2.53. The molecule has 4 aliphatic rings. The van der Waals surface area contributed by atoms with Gasteiger partial charge in [-0.3, -0.25) is 24.2 Å². The summed E-state index contributed by atoms with van der Waals surface area (Å²) in [6.45, 7) is 1.71. The topological polar surface area (TPSA) is 174 Å². The molecule has 3 aliphatic carbocycles. The first-order chi connectivity index (χ1) is 20.3. The maximum absolute atomic E-state index is 13.9. The number of carbonyl (C=O) groups is 3. The van der Waals surface area contributed by atoms with Crippen LogP contribution in [0.5, 0.6) is 11.5 Å². The van der Waals surface area contributed by atoms with E-state index in [1.165, 1.54) is 11.0 Å². The molecular formula is C31H32ClN3O8. The second-order valence-electron chi connectivity index (χ2n) is 12.0. The third-order valence-corrected chi connectivity index (χ3v) is 9.80. The van der Waals surface area contributed by atoms with Gasteiger partial charge in [0.25, 0.3) is 5.91 Å². The third-order valence-electron chi connectivity index (χ3n) is 9.33. The van der Waals surface area contributed by atoms with E-state index in [1.807, 2.05) is 18.2 Å². The number of phenols is 1. The number of allylic oxidation sites excluding steroid dienone is 1. The van der Waals surface area contributed by atoms with Crippen LogP contribution in [0.15, 0.2) is 46.9 Å². The first-order valence-electron chi connectivity index (χ1n) is 13.9. The summed E-state index contributed by atoms with van der Waals surface area (Å²) in [4.78, 5) is 43.1. The van der Waals surface area contributed by atoms with Crippen LogP contribution in [0.3, 0.4) is 0 Å². The number of fused-ring (bicyclic) bond motifs is 4. The molecule has 0 aromatic heterocycles. The SMILES string of the molecule is COc1ccc2c(c1)CN(Cc1cc(O)c3c(c1Cl)C[C@H]1C[C@H]4[C@H](N(C)C)C(O)=C(C(N)=O)C(=O)[C@@]4(O)C(O)=C1C3=O)C2. The van der Waals surface area contributed by atoms with E-state index in [2.05, 4.69) is 4.90 Å². The summed E-state index contributed by atoms with van der Waals surface area (Å²) in [6.07, 6.45) is 0.128. The molecule has 0 bridgehead atoms. The van der Waals surface area contributed by atoms with Gasteiger partial charge in [0, 0.05) is 36.1 Å². The van der Waals surface area contributed by atoms with Gasteiger partial charge < -0.3 is 30.9 Å². The Morgan fingerprint density at radius 1 is 1.16 bits per heavy atom. The van der Waals surface area contributed by atoms with Crippen molar-refractivity contribution in [1.29, 1.82) is 0 Å². The number of nitrogens with two attached hydrogens (primary N) is 1. The van der Waals surface area contributed by atoms with E-state index in [1.54, 1.807) is 21.2 Å². The number of benzene rings is 2. The van der Waals surface area contributed by atoms with Crippen molar-refractivity contribution >= 4 is 29.1 Å². The fraction of sp³-hybridized carbons (Fsp3) is 0.387. The maximum Gasteiger partial charge on any atom is 0.255 e. The molecule has 0 saturated carbocycles. The van der Waals surface area contributed by atoms with E-state index >= 15 is 0 Å². The van der Waals surface area contributed by atoms with Crippen LogP contribution in [-0.2, 0) is 35.6 Å². The summed E-state index contributed by atoms with van der Waals surface area (Å²) >= 11 is 6.91. The van der Waals surface area contributed by atoms with E-state index in [0.29, 0.717) is 35.8 Å². The molecular weight excluding hydrogens is 578 g/mol. The largest absolute Gasteiger partial charge is 0.510 e. The smallest absolute Gasteiger partial charge is 0.255 e. The average molecular weight is 610 g/mol. The number of likely N-dealkylation sites (N-methyl/N-ethyl adjacent to an activating group) is 1. The van der Waals surface area contributed by atoms with Gasteiger partial charge in [0.15, 0.2) is 11.4 Å². The molecule has 1 amide bonds. The molecule has 0 radical (unpaired) electrons. The second kappa shape index (κ2) is 10.1. The Hall–Kier alpha value is -3.90. The normalized spacial score (nSPS) is 26.8. The number of aliphatic hydroxyl groups is 3. The Kier molecular flexibility index (Phi) is 6.85. The summed E-state index contributed by atoms with van der Waals surface area (Å²) in [5.41, 5.74) is 4.84. The number of primary amides is 1. The molecule has 2 aromatic rings. The molecule has 226 valence electrons. The molecule has 0 saturated heterocycles. The summed E-state index contributed by atoms with van der Waals surface area (Å²) in [7, 11) is 4.78. The van der Waals surface area contributed by atoms with Gasteiger partial charge in [-0.15, -0.1) is 0 Å². The number of ether oxygens (including phenoxy) is 1. The number of amides is 1. The summed E-state index contributed by atoms with van der Waals surface area (Å²) in [6, 6.07) is 6.28. The van der Waals surface area contributed by atoms with Gasteiger partial charge in [0.1, 0.15) is 28.6 Å². The first kappa shape index (κ1) is 29.2. The number of ketones is 2. The lowest BCUT2D eigenvalue weighted by molar-refractivity contribution is -0.148. The molecule has 4 atom stereocenters. The van der Waals surface area contributed by atoms with Crippen molar-refractivity contribution in [3.8, 4) is 11.5 Å². The van der Waals surface area contributed by atoms with E-state index in [0.717, 1.165) is 16.9 Å². The standard InChI is InChI=1S/C31H32ClN3O8/c1-34(2)25-19-8-14-7-18-22(26(37)21(14)28(39)31(19,42)29(40)23(27(25)38)30(33)41)20(36)9-16(24(18)32)12-35-10-13-4-5-17(43-3)6-15(13)11-35/h4-6,9,14,19,25,36,38-39,42H,7-8,10-12H2,1-3H3,(H2,33,41)/t14-,19-,25-,31-/m0/s1. The van der Waals surface area contributed by atoms with E-state index in [-0.39, 0.29) is 29.7 Å². The van der Waals surface area contributed by atoms with Crippen LogP contribution >= 0.6 is 11.6 Å². The lowest BCUT2D eigenvalue weighted by atomic mass is 9.58. The number of halogens is 1. The number of hydrogen-bond donors (Lipinski definition) is 5. The summed E-state index contributed by atoms with van der Waals surface area (Å²) in [5, 5.41) is 45.5. The summed E-state index contributed by atoms with van der Waals surface area (Å²) in [5.74, 6) is -6.19. The predicted molar refractivity (Wildman–Crippen MR) is 155 cm³/mol.